The number of unbranched alkanes of at least 4 members (excludes halogenated alkanes) is 10. The van der Waals surface area contributed by atoms with Crippen LogP contribution in [-0.4, -0.2) is 36.7 Å². The van der Waals surface area contributed by atoms with E-state index in [9.17, 15) is 0 Å². The van der Waals surface area contributed by atoms with Crippen molar-refractivity contribution in [2.24, 2.45) is 5.73 Å². The minimum absolute atomic E-state index is 0.847. The summed E-state index contributed by atoms with van der Waals surface area (Å²) in [5.41, 5.74) is 5.48. The molecule has 0 aliphatic heterocycles. The molecule has 0 amide bonds. The fraction of sp³-hybridized carbons (Fsp3) is 1.00. The highest BCUT2D eigenvalue weighted by molar-refractivity contribution is 6.60. The van der Waals surface area contributed by atoms with Crippen LogP contribution >= 0.6 is 0 Å². The largest absolute Gasteiger partial charge is 0.500 e. The molecule has 21 heavy (non-hydrogen) atoms. The van der Waals surface area contributed by atoms with Gasteiger partial charge in [-0.3, -0.25) is 0 Å². The van der Waals surface area contributed by atoms with Crippen molar-refractivity contribution in [3.63, 3.8) is 0 Å². The maximum Gasteiger partial charge on any atom is 0.500 e. The first-order valence-electron chi connectivity index (χ1n) is 8.60. The van der Waals surface area contributed by atoms with E-state index in [1.807, 2.05) is 0 Å². The summed E-state index contributed by atoms with van der Waals surface area (Å²) in [4.78, 5) is 0. The Morgan fingerprint density at radius 2 is 0.905 bits per heavy atom. The Kier molecular flexibility index (Phi) is 15.0. The number of hydrogen-bond acceptors (Lipinski definition) is 4. The molecule has 0 aliphatic rings. The molecule has 0 unspecified atom stereocenters. The highest BCUT2D eigenvalue weighted by atomic mass is 28.4. The van der Waals surface area contributed by atoms with E-state index < -0.39 is 8.80 Å². The van der Waals surface area contributed by atoms with Gasteiger partial charge in [-0.05, 0) is 19.4 Å². The average molecular weight is 320 g/mol. The van der Waals surface area contributed by atoms with Gasteiger partial charge in [0.15, 0.2) is 0 Å². The molecule has 0 aromatic heterocycles. The van der Waals surface area contributed by atoms with Crippen LogP contribution in [0.5, 0.6) is 0 Å². The van der Waals surface area contributed by atoms with Gasteiger partial charge in [0, 0.05) is 27.4 Å². The van der Waals surface area contributed by atoms with Crippen molar-refractivity contribution in [3.05, 3.63) is 0 Å². The molecule has 128 valence electrons. The summed E-state index contributed by atoms with van der Waals surface area (Å²) in [6, 6.07) is 0.928. The molecule has 0 fully saturated rings. The summed E-state index contributed by atoms with van der Waals surface area (Å²) in [7, 11) is 2.74. The second-order valence-corrected chi connectivity index (χ2v) is 8.81. The zero-order valence-electron chi connectivity index (χ0n) is 14.5. The number of rotatable bonds is 16. The molecule has 0 aromatic rings. The quantitative estimate of drug-likeness (QED) is 0.343. The molecule has 0 bridgehead atoms. The highest BCUT2D eigenvalue weighted by Crippen LogP contribution is 2.18. The third kappa shape index (κ3) is 11.3. The fourth-order valence-electron chi connectivity index (χ4n) is 2.63. The van der Waals surface area contributed by atoms with E-state index in [0.717, 1.165) is 19.0 Å². The first kappa shape index (κ1) is 21.1. The Bertz CT molecular complexity index is 205. The van der Waals surface area contributed by atoms with Gasteiger partial charge in [-0.1, -0.05) is 57.8 Å². The number of hydrogen-bond donors (Lipinski definition) is 1. The van der Waals surface area contributed by atoms with Crippen LogP contribution in [0.3, 0.4) is 0 Å². The van der Waals surface area contributed by atoms with E-state index in [1.54, 1.807) is 21.3 Å². The van der Waals surface area contributed by atoms with Crippen LogP contribution in [-0.2, 0) is 13.3 Å². The normalized spacial score (nSPS) is 12.0. The van der Waals surface area contributed by atoms with Gasteiger partial charge in [0.2, 0.25) is 0 Å². The Morgan fingerprint density at radius 3 is 1.24 bits per heavy atom. The summed E-state index contributed by atoms with van der Waals surface area (Å²) in [5, 5.41) is 0. The lowest BCUT2D eigenvalue weighted by atomic mass is 10.1. The monoisotopic (exact) mass is 319 g/mol. The minimum atomic E-state index is -2.32. The predicted octanol–water partition coefficient (Wildman–Crippen LogP) is 4.11. The van der Waals surface area contributed by atoms with Gasteiger partial charge in [-0.2, -0.15) is 0 Å². The van der Waals surface area contributed by atoms with Crippen LogP contribution in [0, 0.1) is 0 Å². The predicted molar refractivity (Wildman–Crippen MR) is 91.4 cm³/mol. The molecule has 0 saturated heterocycles. The van der Waals surface area contributed by atoms with Crippen molar-refractivity contribution in [3.8, 4) is 0 Å². The smallest absolute Gasteiger partial charge is 0.377 e. The van der Waals surface area contributed by atoms with Crippen molar-refractivity contribution in [2.75, 3.05) is 27.9 Å². The van der Waals surface area contributed by atoms with Crippen molar-refractivity contribution < 1.29 is 13.3 Å². The summed E-state index contributed by atoms with van der Waals surface area (Å²) in [5.74, 6) is 0. The van der Waals surface area contributed by atoms with E-state index >= 15 is 0 Å². The zero-order valence-corrected chi connectivity index (χ0v) is 15.5. The summed E-state index contributed by atoms with van der Waals surface area (Å²) in [6.07, 6.45) is 14.4. The molecule has 0 aromatic carbocycles. The zero-order chi connectivity index (χ0) is 15.8. The van der Waals surface area contributed by atoms with Crippen molar-refractivity contribution in [1.82, 2.24) is 0 Å². The summed E-state index contributed by atoms with van der Waals surface area (Å²) < 4.78 is 16.3. The topological polar surface area (TPSA) is 53.7 Å². The average Bonchev–Trinajstić information content (AvgIpc) is 2.53. The van der Waals surface area contributed by atoms with Gasteiger partial charge in [0.1, 0.15) is 0 Å². The van der Waals surface area contributed by atoms with Gasteiger partial charge in [0.05, 0.1) is 0 Å². The van der Waals surface area contributed by atoms with Crippen molar-refractivity contribution >= 4 is 8.80 Å². The van der Waals surface area contributed by atoms with E-state index in [2.05, 4.69) is 0 Å². The van der Waals surface area contributed by atoms with Crippen LogP contribution < -0.4 is 5.73 Å². The van der Waals surface area contributed by atoms with E-state index in [1.165, 1.54) is 64.2 Å². The Morgan fingerprint density at radius 1 is 0.571 bits per heavy atom. The maximum atomic E-state index is 5.48. The number of nitrogens with two attached hydrogens (primary N) is 1. The minimum Gasteiger partial charge on any atom is -0.377 e. The lowest BCUT2D eigenvalue weighted by molar-refractivity contribution is 0.122. The lowest BCUT2D eigenvalue weighted by Gasteiger charge is -2.24. The molecule has 5 heteroatoms. The van der Waals surface area contributed by atoms with E-state index in [4.69, 9.17) is 19.0 Å². The molecule has 0 spiro atoms. The van der Waals surface area contributed by atoms with Crippen LogP contribution in [0.25, 0.3) is 0 Å². The van der Waals surface area contributed by atoms with Crippen molar-refractivity contribution in [2.45, 2.75) is 76.7 Å². The van der Waals surface area contributed by atoms with Gasteiger partial charge in [0.25, 0.3) is 0 Å². The SMILES string of the molecule is CO[Si](CCCCCCCCCCCCCN)(OC)OC. The van der Waals surface area contributed by atoms with E-state index in [0.29, 0.717) is 0 Å². The first-order valence-corrected chi connectivity index (χ1v) is 10.5. The second-order valence-electron chi connectivity index (χ2n) is 5.72. The Labute approximate surface area is 133 Å². The highest BCUT2D eigenvalue weighted by Gasteiger charge is 2.36. The van der Waals surface area contributed by atoms with Crippen LogP contribution in [0.15, 0.2) is 0 Å². The molecular weight excluding hydrogens is 282 g/mol. The molecule has 0 saturated carbocycles. The molecule has 0 aliphatic carbocycles. The van der Waals surface area contributed by atoms with Gasteiger partial charge < -0.3 is 19.0 Å². The van der Waals surface area contributed by atoms with Crippen molar-refractivity contribution in [1.29, 1.82) is 0 Å². The lowest BCUT2D eigenvalue weighted by Crippen LogP contribution is -2.42. The maximum absolute atomic E-state index is 5.48. The molecule has 0 heterocycles. The molecule has 0 atom stereocenters. The third-order valence-electron chi connectivity index (χ3n) is 4.12. The van der Waals surface area contributed by atoms with Crippen LogP contribution in [0.2, 0.25) is 6.04 Å². The third-order valence-corrected chi connectivity index (χ3v) is 6.95. The van der Waals surface area contributed by atoms with Gasteiger partial charge >= 0.3 is 8.80 Å². The first-order chi connectivity index (χ1) is 10.2. The second kappa shape index (κ2) is 15.0. The van der Waals surface area contributed by atoms with E-state index in [-0.39, 0.29) is 0 Å². The molecule has 0 rings (SSSR count). The molecule has 4 nitrogen and oxygen atoms in total. The summed E-state index contributed by atoms with van der Waals surface area (Å²) >= 11 is 0. The van der Waals surface area contributed by atoms with Gasteiger partial charge in [-0.25, -0.2) is 0 Å². The molecule has 2 N–H and O–H groups in total. The standard InChI is InChI=1S/C16H37NO3Si/c1-18-21(19-2,20-3)16-14-12-10-8-6-4-5-7-9-11-13-15-17/h4-17H2,1-3H3. The Balaban J connectivity index is 3.29. The van der Waals surface area contributed by atoms with Gasteiger partial charge in [-0.15, -0.1) is 0 Å². The van der Waals surface area contributed by atoms with Crippen LogP contribution in [0.4, 0.5) is 0 Å². The fourth-order valence-corrected chi connectivity index (χ4v) is 4.43. The molecule has 0 radical (unpaired) electrons. The Hall–Kier alpha value is 0.0569. The summed E-state index contributed by atoms with van der Waals surface area (Å²) in [6.45, 7) is 0.847. The molecular formula is C16H37NO3Si. The van der Waals surface area contributed by atoms with Crippen LogP contribution in [0.1, 0.15) is 70.6 Å².